The first-order chi connectivity index (χ1) is 14.4. The minimum Gasteiger partial charge on any atom is -0.449 e. The standard InChI is InChI=1S/C21H24N4O4S/c22-16-3-5-17(6-4-16)25-30(27,28)18-7-1-14(2-8-18)12-24-21(26)19-11-15-9-10-23-13-20(15)29-19/h1-2,7-11,13,16-17,25H,3-6,12,22H2,(H,24,26). The number of fused-ring (bicyclic) bond motifs is 1. The predicted octanol–water partition coefficient (Wildman–Crippen LogP) is 2.31. The van der Waals surface area contributed by atoms with Crippen LogP contribution in [-0.2, 0) is 16.6 Å². The molecule has 8 nitrogen and oxygen atoms in total. The first kappa shape index (κ1) is 20.5. The molecule has 4 N–H and O–H groups in total. The van der Waals surface area contributed by atoms with Crippen LogP contribution in [0, 0.1) is 0 Å². The van der Waals surface area contributed by atoms with Gasteiger partial charge in [-0.3, -0.25) is 9.78 Å². The van der Waals surface area contributed by atoms with Crippen LogP contribution < -0.4 is 15.8 Å². The van der Waals surface area contributed by atoms with Crippen LogP contribution in [0.1, 0.15) is 41.8 Å². The summed E-state index contributed by atoms with van der Waals surface area (Å²) in [4.78, 5) is 16.5. The van der Waals surface area contributed by atoms with Crippen molar-refractivity contribution in [1.82, 2.24) is 15.0 Å². The van der Waals surface area contributed by atoms with E-state index in [9.17, 15) is 13.2 Å². The van der Waals surface area contributed by atoms with Gasteiger partial charge in [0, 0.05) is 30.2 Å². The number of amides is 1. The summed E-state index contributed by atoms with van der Waals surface area (Å²) in [6.07, 6.45) is 6.35. The van der Waals surface area contributed by atoms with Crippen LogP contribution in [0.15, 0.2) is 58.1 Å². The van der Waals surface area contributed by atoms with Gasteiger partial charge in [0.05, 0.1) is 11.1 Å². The van der Waals surface area contributed by atoms with Gasteiger partial charge in [0.15, 0.2) is 11.3 Å². The Balaban J connectivity index is 1.35. The number of carbonyl (C=O) groups is 1. The number of hydrogen-bond donors (Lipinski definition) is 3. The van der Waals surface area contributed by atoms with Crippen molar-refractivity contribution in [3.63, 3.8) is 0 Å². The third-order valence-electron chi connectivity index (χ3n) is 5.33. The van der Waals surface area contributed by atoms with Crippen LogP contribution in [0.3, 0.4) is 0 Å². The van der Waals surface area contributed by atoms with Crippen LogP contribution in [0.4, 0.5) is 0 Å². The van der Waals surface area contributed by atoms with Gasteiger partial charge in [-0.05, 0) is 55.5 Å². The highest BCUT2D eigenvalue weighted by Crippen LogP contribution is 2.20. The van der Waals surface area contributed by atoms with Crippen LogP contribution in [0.2, 0.25) is 0 Å². The number of sulfonamides is 1. The molecule has 3 aromatic rings. The second-order valence-corrected chi connectivity index (χ2v) is 9.30. The minimum atomic E-state index is -3.58. The van der Waals surface area contributed by atoms with Gasteiger partial charge in [0.25, 0.3) is 5.91 Å². The Hall–Kier alpha value is -2.75. The Kier molecular flexibility index (Phi) is 5.85. The Bertz CT molecular complexity index is 1100. The summed E-state index contributed by atoms with van der Waals surface area (Å²) < 4.78 is 33.5. The molecule has 158 valence electrons. The number of aromatic nitrogens is 1. The van der Waals surface area contributed by atoms with E-state index in [0.29, 0.717) is 5.58 Å². The van der Waals surface area contributed by atoms with Crippen molar-refractivity contribution >= 4 is 26.9 Å². The maximum absolute atomic E-state index is 12.6. The van der Waals surface area contributed by atoms with Crippen LogP contribution in [0.5, 0.6) is 0 Å². The molecule has 1 aliphatic rings. The van der Waals surface area contributed by atoms with E-state index in [4.69, 9.17) is 10.2 Å². The molecule has 1 aliphatic carbocycles. The van der Waals surface area contributed by atoms with E-state index < -0.39 is 10.0 Å². The first-order valence-corrected chi connectivity index (χ1v) is 11.4. The molecular weight excluding hydrogens is 404 g/mol. The zero-order chi connectivity index (χ0) is 21.1. The molecule has 0 atom stereocenters. The molecule has 0 bridgehead atoms. The number of nitrogens with one attached hydrogen (secondary N) is 2. The number of furan rings is 1. The monoisotopic (exact) mass is 428 g/mol. The highest BCUT2D eigenvalue weighted by Gasteiger charge is 2.24. The summed E-state index contributed by atoms with van der Waals surface area (Å²) in [5.74, 6) is -0.145. The number of hydrogen-bond acceptors (Lipinski definition) is 6. The van der Waals surface area contributed by atoms with Gasteiger partial charge >= 0.3 is 0 Å². The maximum Gasteiger partial charge on any atom is 0.287 e. The second kappa shape index (κ2) is 8.55. The summed E-state index contributed by atoms with van der Waals surface area (Å²) in [6, 6.07) is 9.99. The van der Waals surface area contributed by atoms with Gasteiger partial charge in [0.2, 0.25) is 10.0 Å². The number of nitrogens with two attached hydrogens (primary N) is 1. The summed E-state index contributed by atoms with van der Waals surface area (Å²) in [6.45, 7) is 0.252. The molecule has 1 saturated carbocycles. The van der Waals surface area contributed by atoms with E-state index >= 15 is 0 Å². The fourth-order valence-electron chi connectivity index (χ4n) is 3.58. The van der Waals surface area contributed by atoms with E-state index in [1.807, 2.05) is 0 Å². The van der Waals surface area contributed by atoms with Gasteiger partial charge in [-0.25, -0.2) is 13.1 Å². The zero-order valence-electron chi connectivity index (χ0n) is 16.4. The Labute approximate surface area is 174 Å². The average molecular weight is 429 g/mol. The van der Waals surface area contributed by atoms with E-state index in [1.54, 1.807) is 48.8 Å². The molecule has 2 heterocycles. The lowest BCUT2D eigenvalue weighted by Gasteiger charge is -2.26. The number of nitrogens with zero attached hydrogens (tertiary/aromatic N) is 1. The van der Waals surface area contributed by atoms with Crippen LogP contribution in [-0.4, -0.2) is 31.4 Å². The molecule has 4 rings (SSSR count). The predicted molar refractivity (Wildman–Crippen MR) is 112 cm³/mol. The fraction of sp³-hybridized carbons (Fsp3) is 0.333. The minimum absolute atomic E-state index is 0.0761. The number of carbonyl (C=O) groups excluding carboxylic acids is 1. The topological polar surface area (TPSA) is 127 Å². The Morgan fingerprint density at radius 1 is 1.13 bits per heavy atom. The SMILES string of the molecule is NC1CCC(NS(=O)(=O)c2ccc(CNC(=O)c3cc4ccncc4o3)cc2)CC1. The normalized spacial score (nSPS) is 19.6. The highest BCUT2D eigenvalue weighted by molar-refractivity contribution is 7.89. The summed E-state index contributed by atoms with van der Waals surface area (Å²) in [5.41, 5.74) is 7.21. The van der Waals surface area contributed by atoms with E-state index in [2.05, 4.69) is 15.0 Å². The molecule has 0 aliphatic heterocycles. The van der Waals surface area contributed by atoms with Crippen LogP contribution >= 0.6 is 0 Å². The molecule has 9 heteroatoms. The Morgan fingerprint density at radius 2 is 1.87 bits per heavy atom. The van der Waals surface area contributed by atoms with Crippen molar-refractivity contribution in [2.24, 2.45) is 5.73 Å². The first-order valence-electron chi connectivity index (χ1n) is 9.89. The molecule has 1 amide bonds. The number of rotatable bonds is 6. The number of pyridine rings is 1. The van der Waals surface area contributed by atoms with Gasteiger partial charge in [-0.15, -0.1) is 0 Å². The molecule has 0 radical (unpaired) electrons. The quantitative estimate of drug-likeness (QED) is 0.553. The molecule has 1 aromatic carbocycles. The fourth-order valence-corrected chi connectivity index (χ4v) is 4.88. The maximum atomic E-state index is 12.6. The average Bonchev–Trinajstić information content (AvgIpc) is 3.18. The van der Waals surface area contributed by atoms with Crippen molar-refractivity contribution in [2.75, 3.05) is 0 Å². The Morgan fingerprint density at radius 3 is 2.57 bits per heavy atom. The van der Waals surface area contributed by atoms with Crippen LogP contribution in [0.25, 0.3) is 11.0 Å². The lowest BCUT2D eigenvalue weighted by molar-refractivity contribution is 0.0925. The van der Waals surface area contributed by atoms with Gasteiger partial charge in [-0.2, -0.15) is 0 Å². The molecule has 1 fully saturated rings. The zero-order valence-corrected chi connectivity index (χ0v) is 17.2. The highest BCUT2D eigenvalue weighted by atomic mass is 32.2. The lowest BCUT2D eigenvalue weighted by Crippen LogP contribution is -2.40. The third-order valence-corrected chi connectivity index (χ3v) is 6.86. The molecule has 2 aromatic heterocycles. The molecule has 0 unspecified atom stereocenters. The summed E-state index contributed by atoms with van der Waals surface area (Å²) in [5, 5.41) is 3.58. The second-order valence-electron chi connectivity index (χ2n) is 7.58. The van der Waals surface area contributed by atoms with Gasteiger partial charge < -0.3 is 15.5 Å². The summed E-state index contributed by atoms with van der Waals surface area (Å²) >= 11 is 0. The van der Waals surface area contributed by atoms with E-state index in [0.717, 1.165) is 36.6 Å². The van der Waals surface area contributed by atoms with E-state index in [1.165, 1.54) is 0 Å². The van der Waals surface area contributed by atoms with Crippen molar-refractivity contribution in [3.05, 3.63) is 60.1 Å². The molecule has 0 spiro atoms. The van der Waals surface area contributed by atoms with Gasteiger partial charge in [-0.1, -0.05) is 12.1 Å². The molecule has 30 heavy (non-hydrogen) atoms. The smallest absolute Gasteiger partial charge is 0.287 e. The van der Waals surface area contributed by atoms with Crippen molar-refractivity contribution < 1.29 is 17.6 Å². The molecular formula is C21H24N4O4S. The lowest BCUT2D eigenvalue weighted by atomic mass is 9.93. The van der Waals surface area contributed by atoms with Crippen molar-refractivity contribution in [2.45, 2.75) is 49.2 Å². The largest absolute Gasteiger partial charge is 0.449 e. The van der Waals surface area contributed by atoms with E-state index in [-0.39, 0.29) is 35.2 Å². The van der Waals surface area contributed by atoms with Crippen molar-refractivity contribution in [1.29, 1.82) is 0 Å². The number of benzene rings is 1. The van der Waals surface area contributed by atoms with Crippen molar-refractivity contribution in [3.8, 4) is 0 Å². The van der Waals surface area contributed by atoms with Gasteiger partial charge in [0.1, 0.15) is 0 Å². The molecule has 0 saturated heterocycles. The summed E-state index contributed by atoms with van der Waals surface area (Å²) in [7, 11) is -3.58. The third kappa shape index (κ3) is 4.69.